The summed E-state index contributed by atoms with van der Waals surface area (Å²) in [6.07, 6.45) is 0.918. The largest absolute Gasteiger partial charge is 0.390 e. The van der Waals surface area contributed by atoms with Crippen molar-refractivity contribution in [2.75, 3.05) is 5.32 Å². The van der Waals surface area contributed by atoms with Crippen LogP contribution in [0.2, 0.25) is 0 Å². The van der Waals surface area contributed by atoms with Crippen molar-refractivity contribution in [1.29, 1.82) is 0 Å². The van der Waals surface area contributed by atoms with Gasteiger partial charge in [-0.25, -0.2) is 4.98 Å². The molecule has 2 heterocycles. The highest BCUT2D eigenvalue weighted by molar-refractivity contribution is 5.98. The Bertz CT molecular complexity index is 1200. The summed E-state index contributed by atoms with van der Waals surface area (Å²) in [5.74, 6) is 0.801. The van der Waals surface area contributed by atoms with E-state index in [1.165, 1.54) is 10.9 Å². The highest BCUT2D eigenvalue weighted by Gasteiger charge is 2.39. The summed E-state index contributed by atoms with van der Waals surface area (Å²) in [7, 11) is 0. The van der Waals surface area contributed by atoms with Crippen LogP contribution < -0.4 is 5.32 Å². The maximum absolute atomic E-state index is 10.3. The lowest BCUT2D eigenvalue weighted by Gasteiger charge is -2.19. The number of hydrogen-bond donors (Lipinski definition) is 3. The number of nitrogens with one attached hydrogen (secondary N) is 1. The third-order valence-electron chi connectivity index (χ3n) is 6.08. The van der Waals surface area contributed by atoms with Gasteiger partial charge >= 0.3 is 0 Å². The van der Waals surface area contributed by atoms with E-state index in [9.17, 15) is 10.2 Å². The van der Waals surface area contributed by atoms with Crippen LogP contribution in [0.1, 0.15) is 18.9 Å². The summed E-state index contributed by atoms with van der Waals surface area (Å²) in [4.78, 5) is 4.46. The number of nitrogens with zero attached hydrogens (tertiary/aromatic N) is 3. The van der Waals surface area contributed by atoms with E-state index in [4.69, 9.17) is 5.10 Å². The zero-order valence-electron chi connectivity index (χ0n) is 16.4. The maximum Gasteiger partial charge on any atom is 0.157 e. The molecule has 5 rings (SSSR count). The van der Waals surface area contributed by atoms with Crippen LogP contribution in [0.4, 0.5) is 5.82 Å². The smallest absolute Gasteiger partial charge is 0.157 e. The lowest BCUT2D eigenvalue weighted by atomic mass is 9.99. The average molecular weight is 388 g/mol. The Morgan fingerprint density at radius 1 is 1.03 bits per heavy atom. The summed E-state index contributed by atoms with van der Waals surface area (Å²) in [5, 5.41) is 31.0. The fourth-order valence-electron chi connectivity index (χ4n) is 4.40. The van der Waals surface area contributed by atoms with Crippen molar-refractivity contribution in [3.05, 3.63) is 60.3 Å². The van der Waals surface area contributed by atoms with Gasteiger partial charge in [-0.05, 0) is 41.7 Å². The molecule has 2 aromatic heterocycles. The molecule has 6 heteroatoms. The summed E-state index contributed by atoms with van der Waals surface area (Å²) in [5.41, 5.74) is 3.88. The van der Waals surface area contributed by atoms with E-state index in [-0.39, 0.29) is 12.0 Å². The zero-order chi connectivity index (χ0) is 20.1. The van der Waals surface area contributed by atoms with Crippen LogP contribution >= 0.6 is 0 Å². The SMILES string of the molecule is Cc1ccc(-c2cc3nccc(N[C@@H]4C[C@@H](C)[C@@H](O)[C@H]4O)n3n2)c2ccccc12. The molecular formula is C23H24N4O2. The molecule has 0 bridgehead atoms. The van der Waals surface area contributed by atoms with Crippen molar-refractivity contribution < 1.29 is 10.2 Å². The molecule has 1 aliphatic carbocycles. The molecule has 3 N–H and O–H groups in total. The molecule has 4 atom stereocenters. The number of anilines is 1. The van der Waals surface area contributed by atoms with E-state index in [2.05, 4.69) is 47.6 Å². The Balaban J connectivity index is 1.57. The molecule has 0 spiro atoms. The number of hydrogen-bond acceptors (Lipinski definition) is 5. The molecule has 0 amide bonds. The first-order valence-corrected chi connectivity index (χ1v) is 9.99. The number of fused-ring (bicyclic) bond motifs is 2. The Morgan fingerprint density at radius 3 is 2.59 bits per heavy atom. The van der Waals surface area contributed by atoms with Gasteiger partial charge in [0, 0.05) is 17.8 Å². The molecule has 0 radical (unpaired) electrons. The molecule has 0 aliphatic heterocycles. The molecule has 1 saturated carbocycles. The number of aliphatic hydroxyl groups is 2. The first-order chi connectivity index (χ1) is 14.0. The van der Waals surface area contributed by atoms with Gasteiger partial charge in [-0.15, -0.1) is 0 Å². The van der Waals surface area contributed by atoms with Gasteiger partial charge in [-0.2, -0.15) is 9.61 Å². The van der Waals surface area contributed by atoms with E-state index >= 15 is 0 Å². The Labute approximate surface area is 168 Å². The highest BCUT2D eigenvalue weighted by atomic mass is 16.3. The van der Waals surface area contributed by atoms with Gasteiger partial charge in [0.05, 0.1) is 17.8 Å². The quantitative estimate of drug-likeness (QED) is 0.501. The predicted octanol–water partition coefficient (Wildman–Crippen LogP) is 3.40. The minimum atomic E-state index is -0.802. The van der Waals surface area contributed by atoms with Gasteiger partial charge in [0.1, 0.15) is 11.9 Å². The second-order valence-electron chi connectivity index (χ2n) is 8.05. The monoisotopic (exact) mass is 388 g/mol. The second-order valence-corrected chi connectivity index (χ2v) is 8.05. The van der Waals surface area contributed by atoms with Crippen molar-refractivity contribution in [2.24, 2.45) is 5.92 Å². The van der Waals surface area contributed by atoms with Gasteiger partial charge in [-0.1, -0.05) is 43.3 Å². The highest BCUT2D eigenvalue weighted by Crippen LogP contribution is 2.32. The molecule has 29 heavy (non-hydrogen) atoms. The van der Waals surface area contributed by atoms with E-state index < -0.39 is 12.2 Å². The van der Waals surface area contributed by atoms with Crippen LogP contribution in [0, 0.1) is 12.8 Å². The lowest BCUT2D eigenvalue weighted by molar-refractivity contribution is 0.0210. The maximum atomic E-state index is 10.3. The number of benzene rings is 2. The Morgan fingerprint density at radius 2 is 1.83 bits per heavy atom. The minimum Gasteiger partial charge on any atom is -0.390 e. The van der Waals surface area contributed by atoms with E-state index in [1.54, 1.807) is 10.7 Å². The van der Waals surface area contributed by atoms with Crippen LogP contribution in [0.25, 0.3) is 27.7 Å². The lowest BCUT2D eigenvalue weighted by Crippen LogP contribution is -2.35. The minimum absolute atomic E-state index is 0.0481. The number of aliphatic hydroxyl groups excluding tert-OH is 2. The molecule has 0 unspecified atom stereocenters. The van der Waals surface area contributed by atoms with Crippen LogP contribution in [-0.4, -0.2) is 43.1 Å². The summed E-state index contributed by atoms with van der Waals surface area (Å²) < 4.78 is 1.77. The van der Waals surface area contributed by atoms with Crippen molar-refractivity contribution in [1.82, 2.24) is 14.6 Å². The number of aromatic nitrogens is 3. The normalized spacial score (nSPS) is 24.4. The zero-order valence-corrected chi connectivity index (χ0v) is 16.4. The van der Waals surface area contributed by atoms with E-state index in [1.807, 2.05) is 25.1 Å². The average Bonchev–Trinajstić information content (AvgIpc) is 3.26. The van der Waals surface area contributed by atoms with Crippen molar-refractivity contribution >= 4 is 22.2 Å². The first kappa shape index (κ1) is 18.1. The summed E-state index contributed by atoms with van der Waals surface area (Å²) in [6, 6.07) is 16.2. The Hall–Kier alpha value is -2.96. The van der Waals surface area contributed by atoms with Gasteiger partial charge in [-0.3, -0.25) is 0 Å². The molecule has 0 saturated heterocycles. The third-order valence-corrected chi connectivity index (χ3v) is 6.08. The van der Waals surface area contributed by atoms with Crippen molar-refractivity contribution in [3.63, 3.8) is 0 Å². The van der Waals surface area contributed by atoms with Gasteiger partial charge in [0.15, 0.2) is 5.65 Å². The molecule has 1 fully saturated rings. The molecule has 1 aliphatic rings. The molecular weight excluding hydrogens is 364 g/mol. The molecule has 6 nitrogen and oxygen atoms in total. The fraction of sp³-hybridized carbons (Fsp3) is 0.304. The predicted molar refractivity (Wildman–Crippen MR) is 114 cm³/mol. The second kappa shape index (κ2) is 6.83. The number of rotatable bonds is 3. The van der Waals surface area contributed by atoms with E-state index in [0.717, 1.165) is 28.1 Å². The molecule has 148 valence electrons. The molecule has 4 aromatic rings. The first-order valence-electron chi connectivity index (χ1n) is 9.99. The van der Waals surface area contributed by atoms with Gasteiger partial charge < -0.3 is 15.5 Å². The summed E-state index contributed by atoms with van der Waals surface area (Å²) >= 11 is 0. The van der Waals surface area contributed by atoms with Gasteiger partial charge in [0.25, 0.3) is 0 Å². The van der Waals surface area contributed by atoms with Crippen molar-refractivity contribution in [3.8, 4) is 11.3 Å². The standard InChI is InChI=1S/C23H24N4O2/c1-13-7-8-17(16-6-4-3-5-15(13)16)18-12-21-24-10-9-20(27(21)26-18)25-19-11-14(2)22(28)23(19)29/h3-10,12,14,19,22-23,25,28-29H,11H2,1-2H3/t14-,19-,22-,23+/m1/s1. The van der Waals surface area contributed by atoms with E-state index in [0.29, 0.717) is 6.42 Å². The third kappa shape index (κ3) is 2.96. The van der Waals surface area contributed by atoms with Crippen LogP contribution in [0.3, 0.4) is 0 Å². The van der Waals surface area contributed by atoms with Crippen LogP contribution in [0.5, 0.6) is 0 Å². The molecule has 2 aromatic carbocycles. The van der Waals surface area contributed by atoms with Gasteiger partial charge in [0.2, 0.25) is 0 Å². The van der Waals surface area contributed by atoms with Crippen LogP contribution in [-0.2, 0) is 0 Å². The fourth-order valence-corrected chi connectivity index (χ4v) is 4.40. The number of aryl methyl sites for hydroxylation is 1. The van der Waals surface area contributed by atoms with Crippen LogP contribution in [0.15, 0.2) is 54.7 Å². The topological polar surface area (TPSA) is 82.7 Å². The Kier molecular flexibility index (Phi) is 4.26. The van der Waals surface area contributed by atoms with Crippen molar-refractivity contribution in [2.45, 2.75) is 38.5 Å². The summed E-state index contributed by atoms with van der Waals surface area (Å²) in [6.45, 7) is 4.06.